The van der Waals surface area contributed by atoms with Crippen molar-refractivity contribution < 1.29 is 19.9 Å². The molecule has 0 radical (unpaired) electrons. The molecule has 0 aromatic heterocycles. The molecule has 0 amide bonds. The molecule has 0 fully saturated rings. The lowest BCUT2D eigenvalue weighted by molar-refractivity contribution is -0.431. The Bertz CT molecular complexity index is 714. The normalized spacial score (nSPS) is 18.1. The van der Waals surface area contributed by atoms with Crippen molar-refractivity contribution in [1.82, 2.24) is 4.90 Å². The van der Waals surface area contributed by atoms with E-state index in [2.05, 4.69) is 0 Å². The van der Waals surface area contributed by atoms with Crippen LogP contribution in [0.15, 0.2) is 52.3 Å². The molecule has 1 aliphatic heterocycles. The number of aliphatic hydroxyl groups is 1. The number of rotatable bonds is 5. The molecule has 2 rings (SSSR count). The fourth-order valence-electron chi connectivity index (χ4n) is 2.92. The van der Waals surface area contributed by atoms with E-state index in [9.17, 15) is 25.1 Å². The van der Waals surface area contributed by atoms with Crippen molar-refractivity contribution >= 4 is 17.1 Å². The number of aliphatic hydroxyl groups excluding tert-OH is 1. The van der Waals surface area contributed by atoms with E-state index in [1.807, 2.05) is 0 Å². The first-order valence-corrected chi connectivity index (χ1v) is 8.10. The van der Waals surface area contributed by atoms with Crippen molar-refractivity contribution in [2.45, 2.75) is 19.8 Å². The Morgan fingerprint density at radius 3 is 2.42 bits per heavy atom. The van der Waals surface area contributed by atoms with Crippen molar-refractivity contribution in [1.29, 1.82) is 0 Å². The second-order valence-corrected chi connectivity index (χ2v) is 6.26. The number of carboxylic acid groups (broad SMARTS) is 1. The van der Waals surface area contributed by atoms with Crippen LogP contribution in [0.3, 0.4) is 0 Å². The molecule has 128 valence electrons. The van der Waals surface area contributed by atoms with Gasteiger partial charge in [0.2, 0.25) is 0 Å². The van der Waals surface area contributed by atoms with Crippen LogP contribution in [0.5, 0.6) is 0 Å². The molecule has 0 saturated carbocycles. The topological polar surface area (TPSA) is 104 Å². The summed E-state index contributed by atoms with van der Waals surface area (Å²) in [6, 6.07) is 8.83. The Kier molecular flexibility index (Phi) is 5.63. The third-order valence-electron chi connectivity index (χ3n) is 3.92. The second kappa shape index (κ2) is 7.50. The van der Waals surface area contributed by atoms with Gasteiger partial charge < -0.3 is 15.1 Å². The highest BCUT2D eigenvalue weighted by Crippen LogP contribution is 2.46. The molecule has 1 aromatic rings. The van der Waals surface area contributed by atoms with Gasteiger partial charge in [0.05, 0.1) is 17.2 Å². The van der Waals surface area contributed by atoms with Gasteiger partial charge in [-0.25, -0.2) is 4.79 Å². The number of benzene rings is 1. The fourth-order valence-corrected chi connectivity index (χ4v) is 3.73. The van der Waals surface area contributed by atoms with Gasteiger partial charge in [0.15, 0.2) is 0 Å². The van der Waals surface area contributed by atoms with Gasteiger partial charge in [-0.15, -0.1) is 0 Å². The van der Waals surface area contributed by atoms with Crippen LogP contribution in [0, 0.1) is 10.1 Å². The lowest BCUT2D eigenvalue weighted by atomic mass is 9.90. The quantitative estimate of drug-likeness (QED) is 0.620. The molecule has 0 aliphatic carbocycles. The molecule has 8 heteroatoms. The molecule has 7 nitrogen and oxygen atoms in total. The van der Waals surface area contributed by atoms with Gasteiger partial charge in [-0.1, -0.05) is 30.3 Å². The maximum absolute atomic E-state index is 11.7. The highest BCUT2D eigenvalue weighted by molar-refractivity contribution is 8.16. The first kappa shape index (κ1) is 18.0. The number of hydrogen-bond acceptors (Lipinski definition) is 6. The minimum Gasteiger partial charge on any atom is -0.473 e. The van der Waals surface area contributed by atoms with Crippen LogP contribution >= 0.6 is 11.8 Å². The van der Waals surface area contributed by atoms with E-state index < -0.39 is 16.1 Å². The molecule has 0 spiro atoms. The predicted octanol–water partition coefficient (Wildman–Crippen LogP) is 3.23. The van der Waals surface area contributed by atoms with Crippen LogP contribution in [0.25, 0.3) is 0 Å². The van der Waals surface area contributed by atoms with Crippen molar-refractivity contribution in [3.63, 3.8) is 0 Å². The number of hydrogen-bond donors (Lipinski definition) is 2. The molecule has 1 atom stereocenters. The van der Waals surface area contributed by atoms with Crippen molar-refractivity contribution in [2.75, 3.05) is 13.2 Å². The van der Waals surface area contributed by atoms with Crippen molar-refractivity contribution in [3.8, 4) is 0 Å². The lowest BCUT2D eigenvalue weighted by Crippen LogP contribution is -2.33. The summed E-state index contributed by atoms with van der Waals surface area (Å²) in [7, 11) is 0. The van der Waals surface area contributed by atoms with Crippen LogP contribution in [0.2, 0.25) is 0 Å². The zero-order valence-electron chi connectivity index (χ0n) is 13.3. The average molecular weight is 350 g/mol. The predicted molar refractivity (Wildman–Crippen MR) is 91.0 cm³/mol. The van der Waals surface area contributed by atoms with Crippen LogP contribution in [0.1, 0.15) is 25.3 Å². The molecule has 1 aromatic carbocycles. The second-order valence-electron chi connectivity index (χ2n) is 5.26. The van der Waals surface area contributed by atoms with E-state index in [4.69, 9.17) is 0 Å². The average Bonchev–Trinajstić information content (AvgIpc) is 2.53. The third-order valence-corrected chi connectivity index (χ3v) is 4.85. The largest absolute Gasteiger partial charge is 0.473 e. The molecule has 24 heavy (non-hydrogen) atoms. The monoisotopic (exact) mass is 350 g/mol. The lowest BCUT2D eigenvalue weighted by Gasteiger charge is -2.34. The first-order chi connectivity index (χ1) is 11.4. The zero-order valence-corrected chi connectivity index (χ0v) is 14.1. The number of nitro groups is 1. The summed E-state index contributed by atoms with van der Waals surface area (Å²) >= 11 is 0.574. The number of β-amino-alcohol motifs (C(OH)–C–C–N with tert-alkyl or cyclic N) is 1. The van der Waals surface area contributed by atoms with E-state index in [-0.39, 0.29) is 18.8 Å². The van der Waals surface area contributed by atoms with Crippen molar-refractivity contribution in [2.24, 2.45) is 0 Å². The van der Waals surface area contributed by atoms with Gasteiger partial charge in [-0.3, -0.25) is 10.1 Å². The summed E-state index contributed by atoms with van der Waals surface area (Å²) in [6.07, 6.45) is 0. The SMILES string of the molecule is CC1=C(SC(=O)O)C(c2ccccc2)C([N+](=O)[O-])=C(C)N1CCO. The van der Waals surface area contributed by atoms with E-state index in [1.165, 1.54) is 0 Å². The first-order valence-electron chi connectivity index (χ1n) is 7.28. The van der Waals surface area contributed by atoms with Crippen LogP contribution in [-0.4, -0.2) is 38.5 Å². The van der Waals surface area contributed by atoms with Crippen molar-refractivity contribution in [3.05, 3.63) is 68.0 Å². The zero-order chi connectivity index (χ0) is 17.9. The number of thioether (sulfide) groups is 1. The Balaban J connectivity index is 2.69. The standard InChI is InChI=1S/C16H18N2O5S/c1-10-14(18(22)23)13(12-6-4-3-5-7-12)15(24-16(20)21)11(2)17(10)8-9-19/h3-7,13,19H,8-9H2,1-2H3,(H,20,21). The maximum Gasteiger partial charge on any atom is 0.369 e. The molecule has 2 N–H and O–H groups in total. The highest BCUT2D eigenvalue weighted by Gasteiger charge is 2.41. The molecule has 1 aliphatic rings. The third kappa shape index (κ3) is 3.44. The number of allylic oxidation sites excluding steroid dienone is 3. The van der Waals surface area contributed by atoms with Crippen LogP contribution in [0.4, 0.5) is 4.79 Å². The Hall–Kier alpha value is -2.32. The Morgan fingerprint density at radius 1 is 1.29 bits per heavy atom. The van der Waals surface area contributed by atoms with Gasteiger partial charge >= 0.3 is 5.30 Å². The highest BCUT2D eigenvalue weighted by atomic mass is 32.2. The summed E-state index contributed by atoms with van der Waals surface area (Å²) < 4.78 is 0. The van der Waals surface area contributed by atoms with Gasteiger partial charge in [0.1, 0.15) is 5.92 Å². The van der Waals surface area contributed by atoms with Crippen LogP contribution in [-0.2, 0) is 0 Å². The van der Waals surface area contributed by atoms with Gasteiger partial charge in [0.25, 0.3) is 5.70 Å². The van der Waals surface area contributed by atoms with Gasteiger partial charge in [-0.05, 0) is 31.2 Å². The summed E-state index contributed by atoms with van der Waals surface area (Å²) in [6.45, 7) is 3.31. The smallest absolute Gasteiger partial charge is 0.369 e. The van der Waals surface area contributed by atoms with E-state index in [0.29, 0.717) is 33.6 Å². The minimum atomic E-state index is -1.13. The fraction of sp³-hybridized carbons (Fsp3) is 0.312. The van der Waals surface area contributed by atoms with Gasteiger partial charge in [0, 0.05) is 17.1 Å². The molecular weight excluding hydrogens is 332 g/mol. The minimum absolute atomic E-state index is 0.0657. The number of carbonyl (C=O) groups is 1. The molecule has 0 bridgehead atoms. The Labute approximate surface area is 143 Å². The summed E-state index contributed by atoms with van der Waals surface area (Å²) in [5, 5.41) is 29.1. The van der Waals surface area contributed by atoms with Gasteiger partial charge in [-0.2, -0.15) is 0 Å². The summed E-state index contributed by atoms with van der Waals surface area (Å²) in [5.41, 5.74) is 1.61. The molecular formula is C16H18N2O5S. The number of nitrogens with zero attached hydrogens (tertiary/aromatic N) is 2. The summed E-state index contributed by atoms with van der Waals surface area (Å²) in [4.78, 5) is 24.5. The summed E-state index contributed by atoms with van der Waals surface area (Å²) in [5.74, 6) is -0.753. The molecule has 1 heterocycles. The van der Waals surface area contributed by atoms with Crippen LogP contribution < -0.4 is 0 Å². The van der Waals surface area contributed by atoms with E-state index >= 15 is 0 Å². The molecule has 1 unspecified atom stereocenters. The van der Waals surface area contributed by atoms with E-state index in [1.54, 1.807) is 49.1 Å². The molecule has 0 saturated heterocycles. The van der Waals surface area contributed by atoms with E-state index in [0.717, 1.165) is 0 Å². The maximum atomic E-state index is 11.7. The Morgan fingerprint density at radius 2 is 1.92 bits per heavy atom.